The molecule has 0 atom stereocenters. The van der Waals surface area contributed by atoms with Crippen LogP contribution in [0.3, 0.4) is 0 Å². The minimum Gasteiger partial charge on any atom is -0.357 e. The molecule has 0 radical (unpaired) electrons. The molecule has 0 aliphatic rings. The van der Waals surface area contributed by atoms with Gasteiger partial charge in [-0.25, -0.2) is 4.99 Å². The predicted octanol–water partition coefficient (Wildman–Crippen LogP) is 1.99. The molecule has 2 aromatic rings. The average Bonchev–Trinajstić information content (AvgIpc) is 3.14. The molecule has 6 nitrogen and oxygen atoms in total. The van der Waals surface area contributed by atoms with Gasteiger partial charge >= 0.3 is 0 Å². The summed E-state index contributed by atoms with van der Waals surface area (Å²) >= 11 is 0. The molecule has 2 rings (SSSR count). The second-order valence-electron chi connectivity index (χ2n) is 5.60. The number of nitrogens with zero attached hydrogens (tertiary/aromatic N) is 2. The Morgan fingerprint density at radius 2 is 1.68 bits per heavy atom. The molecule has 25 heavy (non-hydrogen) atoms. The fourth-order valence-electron chi connectivity index (χ4n) is 2.36. The molecule has 1 heterocycles. The van der Waals surface area contributed by atoms with Gasteiger partial charge in [-0.3, -0.25) is 4.79 Å². The van der Waals surface area contributed by atoms with E-state index in [-0.39, 0.29) is 5.91 Å². The average molecular weight is 341 g/mol. The largest absolute Gasteiger partial charge is 0.357 e. The number of benzene rings is 1. The number of nitrogens with one attached hydrogen (secondary N) is 3. The highest BCUT2D eigenvalue weighted by molar-refractivity contribution is 5.94. The highest BCUT2D eigenvalue weighted by atomic mass is 16.1. The van der Waals surface area contributed by atoms with Gasteiger partial charge in [-0.15, -0.1) is 0 Å². The van der Waals surface area contributed by atoms with Crippen LogP contribution in [-0.2, 0) is 13.1 Å². The number of aliphatic imine (C=N–C) groups is 1. The molecule has 0 saturated heterocycles. The van der Waals surface area contributed by atoms with E-state index in [1.807, 2.05) is 62.6 Å². The van der Waals surface area contributed by atoms with Gasteiger partial charge in [-0.05, 0) is 43.7 Å². The van der Waals surface area contributed by atoms with Crippen LogP contribution in [0.25, 0.3) is 0 Å². The van der Waals surface area contributed by atoms with E-state index < -0.39 is 0 Å². The zero-order chi connectivity index (χ0) is 17.9. The zero-order valence-corrected chi connectivity index (χ0v) is 15.0. The Morgan fingerprint density at radius 1 is 1.00 bits per heavy atom. The lowest BCUT2D eigenvalue weighted by Gasteiger charge is -2.12. The highest BCUT2D eigenvalue weighted by Crippen LogP contribution is 2.05. The monoisotopic (exact) mass is 341 g/mol. The van der Waals surface area contributed by atoms with E-state index in [0.717, 1.165) is 31.2 Å². The smallest absolute Gasteiger partial charge is 0.251 e. The van der Waals surface area contributed by atoms with Crippen molar-refractivity contribution in [2.45, 2.75) is 26.9 Å². The van der Waals surface area contributed by atoms with E-state index in [4.69, 9.17) is 0 Å². The summed E-state index contributed by atoms with van der Waals surface area (Å²) in [6.07, 6.45) is 4.09. The molecular formula is C19H27N5O. The van der Waals surface area contributed by atoms with Crippen molar-refractivity contribution in [3.63, 3.8) is 0 Å². The molecule has 0 spiro atoms. The van der Waals surface area contributed by atoms with Crippen molar-refractivity contribution < 1.29 is 4.79 Å². The molecule has 0 unspecified atom stereocenters. The number of carbonyl (C=O) groups excluding carboxylic acids is 1. The topological polar surface area (TPSA) is 70.4 Å². The molecule has 6 heteroatoms. The Morgan fingerprint density at radius 3 is 2.32 bits per heavy atom. The highest BCUT2D eigenvalue weighted by Gasteiger charge is 2.03. The third-order valence-corrected chi connectivity index (χ3v) is 3.65. The quantitative estimate of drug-likeness (QED) is 0.508. The third kappa shape index (κ3) is 6.33. The Balaban J connectivity index is 1.87. The van der Waals surface area contributed by atoms with Crippen LogP contribution < -0.4 is 16.0 Å². The van der Waals surface area contributed by atoms with Gasteiger partial charge in [0.15, 0.2) is 5.96 Å². The SMILES string of the molecule is CCNC(=O)c1ccc(CN=C(NCC)NCCn2cccc2)cc1. The molecule has 1 amide bonds. The van der Waals surface area contributed by atoms with E-state index in [0.29, 0.717) is 18.7 Å². The number of rotatable bonds is 8. The van der Waals surface area contributed by atoms with Gasteiger partial charge in [0.2, 0.25) is 0 Å². The third-order valence-electron chi connectivity index (χ3n) is 3.65. The summed E-state index contributed by atoms with van der Waals surface area (Å²) in [6.45, 7) is 7.65. The molecule has 0 aliphatic heterocycles. The molecule has 0 fully saturated rings. The normalized spacial score (nSPS) is 11.2. The maximum absolute atomic E-state index is 11.8. The number of amides is 1. The molecule has 0 bridgehead atoms. The summed E-state index contributed by atoms with van der Waals surface area (Å²) in [5.41, 5.74) is 1.74. The van der Waals surface area contributed by atoms with Gasteiger partial charge in [0.1, 0.15) is 0 Å². The minimum absolute atomic E-state index is 0.0439. The van der Waals surface area contributed by atoms with Gasteiger partial charge in [0, 0.05) is 44.1 Å². The van der Waals surface area contributed by atoms with E-state index in [2.05, 4.69) is 25.5 Å². The van der Waals surface area contributed by atoms with Gasteiger partial charge in [0.05, 0.1) is 6.54 Å². The molecule has 134 valence electrons. The summed E-state index contributed by atoms with van der Waals surface area (Å²) < 4.78 is 2.12. The van der Waals surface area contributed by atoms with Crippen LogP contribution >= 0.6 is 0 Å². The molecule has 1 aromatic heterocycles. The second kappa shape index (κ2) is 10.2. The van der Waals surface area contributed by atoms with Crippen LogP contribution in [0.1, 0.15) is 29.8 Å². The molecular weight excluding hydrogens is 314 g/mol. The lowest BCUT2D eigenvalue weighted by Crippen LogP contribution is -2.38. The first-order valence-corrected chi connectivity index (χ1v) is 8.73. The van der Waals surface area contributed by atoms with Crippen LogP contribution in [0.15, 0.2) is 53.8 Å². The number of carbonyl (C=O) groups is 1. The first kappa shape index (κ1) is 18.6. The van der Waals surface area contributed by atoms with Gasteiger partial charge in [0.25, 0.3) is 5.91 Å². The van der Waals surface area contributed by atoms with Crippen molar-refractivity contribution in [1.29, 1.82) is 0 Å². The van der Waals surface area contributed by atoms with Gasteiger partial charge < -0.3 is 20.5 Å². The van der Waals surface area contributed by atoms with Crippen LogP contribution in [-0.4, -0.2) is 36.1 Å². The summed E-state index contributed by atoms with van der Waals surface area (Å²) in [5.74, 6) is 0.750. The van der Waals surface area contributed by atoms with Crippen molar-refractivity contribution in [1.82, 2.24) is 20.5 Å². The van der Waals surface area contributed by atoms with E-state index in [9.17, 15) is 4.79 Å². The summed E-state index contributed by atoms with van der Waals surface area (Å²) in [7, 11) is 0. The fraction of sp³-hybridized carbons (Fsp3) is 0.368. The standard InChI is InChI=1S/C19H27N5O/c1-3-20-18(25)17-9-7-16(8-10-17)15-23-19(21-4-2)22-11-14-24-12-5-6-13-24/h5-10,12-13H,3-4,11,14-15H2,1-2H3,(H,20,25)(H2,21,22,23). The van der Waals surface area contributed by atoms with Crippen LogP contribution in [0, 0.1) is 0 Å². The summed E-state index contributed by atoms with van der Waals surface area (Å²) in [4.78, 5) is 16.4. The van der Waals surface area contributed by atoms with E-state index >= 15 is 0 Å². The lowest BCUT2D eigenvalue weighted by molar-refractivity contribution is 0.0956. The number of hydrogen-bond acceptors (Lipinski definition) is 2. The maximum Gasteiger partial charge on any atom is 0.251 e. The van der Waals surface area contributed by atoms with Crippen LogP contribution in [0.5, 0.6) is 0 Å². The first-order chi connectivity index (χ1) is 12.2. The second-order valence-corrected chi connectivity index (χ2v) is 5.60. The lowest BCUT2D eigenvalue weighted by atomic mass is 10.1. The summed E-state index contributed by atoms with van der Waals surface area (Å²) in [5, 5.41) is 9.37. The molecule has 3 N–H and O–H groups in total. The van der Waals surface area contributed by atoms with Crippen molar-refractivity contribution >= 4 is 11.9 Å². The molecule has 0 aliphatic carbocycles. The van der Waals surface area contributed by atoms with Crippen LogP contribution in [0.4, 0.5) is 0 Å². The van der Waals surface area contributed by atoms with E-state index in [1.54, 1.807) is 0 Å². The van der Waals surface area contributed by atoms with Gasteiger partial charge in [-0.1, -0.05) is 12.1 Å². The van der Waals surface area contributed by atoms with Crippen molar-refractivity contribution in [2.24, 2.45) is 4.99 Å². The van der Waals surface area contributed by atoms with Crippen molar-refractivity contribution in [3.8, 4) is 0 Å². The maximum atomic E-state index is 11.8. The van der Waals surface area contributed by atoms with Gasteiger partial charge in [-0.2, -0.15) is 0 Å². The van der Waals surface area contributed by atoms with Crippen molar-refractivity contribution in [2.75, 3.05) is 19.6 Å². The predicted molar refractivity (Wildman–Crippen MR) is 102 cm³/mol. The number of aromatic nitrogens is 1. The summed E-state index contributed by atoms with van der Waals surface area (Å²) in [6, 6.07) is 11.6. The first-order valence-electron chi connectivity index (χ1n) is 8.73. The Labute approximate surface area is 149 Å². The number of guanidine groups is 1. The Bertz CT molecular complexity index is 662. The van der Waals surface area contributed by atoms with Crippen molar-refractivity contribution in [3.05, 3.63) is 59.9 Å². The molecule has 1 aromatic carbocycles. The molecule has 0 saturated carbocycles. The fourth-order valence-corrected chi connectivity index (χ4v) is 2.36. The Kier molecular flexibility index (Phi) is 7.56. The van der Waals surface area contributed by atoms with Crippen LogP contribution in [0.2, 0.25) is 0 Å². The Hall–Kier alpha value is -2.76. The van der Waals surface area contributed by atoms with E-state index in [1.165, 1.54) is 0 Å². The number of hydrogen-bond donors (Lipinski definition) is 3. The zero-order valence-electron chi connectivity index (χ0n) is 15.0. The minimum atomic E-state index is -0.0439.